The van der Waals surface area contributed by atoms with Gasteiger partial charge in [-0.2, -0.15) is 0 Å². The van der Waals surface area contributed by atoms with E-state index in [1.165, 1.54) is 17.8 Å². The molecule has 1 N–H and O–H groups in total. The number of hydrogen-bond donors (Lipinski definition) is 1. The van der Waals surface area contributed by atoms with E-state index in [-0.39, 0.29) is 15.6 Å². The minimum atomic E-state index is -0.105. The van der Waals surface area contributed by atoms with Gasteiger partial charge in [-0.1, -0.05) is 38.6 Å². The monoisotopic (exact) mass is 214 g/mol. The summed E-state index contributed by atoms with van der Waals surface area (Å²) >= 11 is 1.22. The number of carbonyl (C=O) groups is 1. The molecule has 3 heteroatoms. The average molecular weight is 214 g/mol. The Hall–Kier alpha value is -0.700. The van der Waals surface area contributed by atoms with Crippen molar-refractivity contribution in [3.05, 3.63) is 24.5 Å². The Labute approximate surface area is 90.1 Å². The SMILES string of the molecule is C=CCC/C(O)=C/C(=O)SC(C)(C)C. The molecule has 0 aromatic carbocycles. The Kier molecular flexibility index (Phi) is 5.62. The Morgan fingerprint density at radius 2 is 2.07 bits per heavy atom. The number of rotatable bonds is 4. The zero-order valence-electron chi connectivity index (χ0n) is 9.04. The maximum atomic E-state index is 11.3. The zero-order valence-corrected chi connectivity index (χ0v) is 9.86. The topological polar surface area (TPSA) is 37.3 Å². The van der Waals surface area contributed by atoms with Crippen LogP contribution in [0.1, 0.15) is 33.6 Å². The average Bonchev–Trinajstić information content (AvgIpc) is 1.96. The molecule has 80 valence electrons. The summed E-state index contributed by atoms with van der Waals surface area (Å²) in [4.78, 5) is 11.3. The lowest BCUT2D eigenvalue weighted by atomic mass is 10.2. The van der Waals surface area contributed by atoms with Crippen molar-refractivity contribution in [1.29, 1.82) is 0 Å². The molecule has 2 nitrogen and oxygen atoms in total. The Morgan fingerprint density at radius 1 is 1.50 bits per heavy atom. The molecule has 0 spiro atoms. The van der Waals surface area contributed by atoms with Gasteiger partial charge in [-0.3, -0.25) is 4.79 Å². The molecule has 0 aliphatic heterocycles. The van der Waals surface area contributed by atoms with Crippen molar-refractivity contribution in [2.75, 3.05) is 0 Å². The summed E-state index contributed by atoms with van der Waals surface area (Å²) in [6.07, 6.45) is 4.18. The van der Waals surface area contributed by atoms with Crippen LogP contribution in [0, 0.1) is 0 Å². The van der Waals surface area contributed by atoms with Crippen LogP contribution in [0.5, 0.6) is 0 Å². The van der Waals surface area contributed by atoms with E-state index < -0.39 is 0 Å². The first-order valence-corrected chi connectivity index (χ1v) is 5.40. The molecule has 14 heavy (non-hydrogen) atoms. The molecule has 0 aromatic rings. The predicted molar refractivity (Wildman–Crippen MR) is 62.5 cm³/mol. The minimum absolute atomic E-state index is 0.0981. The second kappa shape index (κ2) is 5.91. The van der Waals surface area contributed by atoms with Crippen molar-refractivity contribution in [2.45, 2.75) is 38.4 Å². The number of aliphatic hydroxyl groups excluding tert-OH is 1. The highest BCUT2D eigenvalue weighted by Crippen LogP contribution is 2.24. The van der Waals surface area contributed by atoms with E-state index in [1.807, 2.05) is 20.8 Å². The second-order valence-electron chi connectivity index (χ2n) is 4.00. The lowest BCUT2D eigenvalue weighted by Gasteiger charge is -2.14. The molecule has 0 radical (unpaired) electrons. The first-order chi connectivity index (χ1) is 6.35. The molecule has 0 amide bonds. The molecule has 0 aliphatic carbocycles. The first-order valence-electron chi connectivity index (χ1n) is 4.58. The van der Waals surface area contributed by atoms with E-state index in [0.29, 0.717) is 12.8 Å². The largest absolute Gasteiger partial charge is 0.512 e. The van der Waals surface area contributed by atoms with Crippen LogP contribution in [-0.2, 0) is 4.79 Å². The number of thioether (sulfide) groups is 1. The van der Waals surface area contributed by atoms with Crippen LogP contribution in [-0.4, -0.2) is 15.0 Å². The molecule has 0 saturated carbocycles. The summed E-state index contributed by atoms with van der Waals surface area (Å²) in [6, 6.07) is 0. The summed E-state index contributed by atoms with van der Waals surface area (Å²) in [5, 5.41) is 9.23. The van der Waals surface area contributed by atoms with Crippen LogP contribution in [0.2, 0.25) is 0 Å². The summed E-state index contributed by atoms with van der Waals surface area (Å²) in [5.74, 6) is 0.131. The fraction of sp³-hybridized carbons (Fsp3) is 0.545. The molecule has 0 bridgehead atoms. The summed E-state index contributed by atoms with van der Waals surface area (Å²) < 4.78 is -0.105. The molecule has 0 heterocycles. The van der Waals surface area contributed by atoms with E-state index >= 15 is 0 Å². The molecule has 0 unspecified atom stereocenters. The van der Waals surface area contributed by atoms with Crippen molar-refractivity contribution in [2.24, 2.45) is 0 Å². The minimum Gasteiger partial charge on any atom is -0.512 e. The van der Waals surface area contributed by atoms with Gasteiger partial charge < -0.3 is 5.11 Å². The van der Waals surface area contributed by atoms with Gasteiger partial charge in [-0.15, -0.1) is 6.58 Å². The number of hydrogen-bond acceptors (Lipinski definition) is 3. The first kappa shape index (κ1) is 13.3. The summed E-state index contributed by atoms with van der Waals surface area (Å²) in [7, 11) is 0. The van der Waals surface area contributed by atoms with Crippen LogP contribution in [0.25, 0.3) is 0 Å². The predicted octanol–water partition coefficient (Wildman–Crippen LogP) is 3.45. The molecular formula is C11H18O2S. The van der Waals surface area contributed by atoms with Crippen LogP contribution < -0.4 is 0 Å². The third kappa shape index (κ3) is 7.92. The van der Waals surface area contributed by atoms with Crippen LogP contribution in [0.3, 0.4) is 0 Å². The van der Waals surface area contributed by atoms with E-state index in [4.69, 9.17) is 0 Å². The quantitative estimate of drug-likeness (QED) is 0.442. The third-order valence-electron chi connectivity index (χ3n) is 1.30. The second-order valence-corrected chi connectivity index (χ2v) is 5.83. The third-order valence-corrected chi connectivity index (χ3v) is 2.23. The van der Waals surface area contributed by atoms with Crippen LogP contribution in [0.4, 0.5) is 0 Å². The van der Waals surface area contributed by atoms with Gasteiger partial charge in [-0.25, -0.2) is 0 Å². The number of allylic oxidation sites excluding steroid dienone is 2. The molecule has 0 rings (SSSR count). The highest BCUT2D eigenvalue weighted by Gasteiger charge is 2.15. The smallest absolute Gasteiger partial charge is 0.216 e. The van der Waals surface area contributed by atoms with Crippen molar-refractivity contribution >= 4 is 16.9 Å². The van der Waals surface area contributed by atoms with E-state index in [2.05, 4.69) is 6.58 Å². The number of aliphatic hydroxyl groups is 1. The van der Waals surface area contributed by atoms with Crippen molar-refractivity contribution in [3.8, 4) is 0 Å². The van der Waals surface area contributed by atoms with E-state index in [9.17, 15) is 9.90 Å². The molecule has 0 aromatic heterocycles. The molecule has 0 saturated heterocycles. The maximum Gasteiger partial charge on any atom is 0.216 e. The fourth-order valence-corrected chi connectivity index (χ4v) is 1.59. The molecule has 0 atom stereocenters. The number of carbonyl (C=O) groups excluding carboxylic acids is 1. The zero-order chi connectivity index (χ0) is 11.2. The lowest BCUT2D eigenvalue weighted by Crippen LogP contribution is -2.10. The normalized spacial score (nSPS) is 12.6. The van der Waals surface area contributed by atoms with E-state index in [0.717, 1.165) is 0 Å². The molecule has 0 aliphatic rings. The van der Waals surface area contributed by atoms with E-state index in [1.54, 1.807) is 6.08 Å². The van der Waals surface area contributed by atoms with Gasteiger partial charge in [0.2, 0.25) is 5.12 Å². The van der Waals surface area contributed by atoms with Gasteiger partial charge in [0, 0.05) is 17.2 Å². The molecule has 0 fully saturated rings. The fourth-order valence-electron chi connectivity index (χ4n) is 0.789. The highest BCUT2D eigenvalue weighted by molar-refractivity contribution is 8.15. The van der Waals surface area contributed by atoms with Gasteiger partial charge >= 0.3 is 0 Å². The Bertz CT molecular complexity index is 236. The van der Waals surface area contributed by atoms with Gasteiger partial charge in [0.15, 0.2) is 0 Å². The van der Waals surface area contributed by atoms with Crippen LogP contribution >= 0.6 is 11.8 Å². The molecular weight excluding hydrogens is 196 g/mol. The van der Waals surface area contributed by atoms with Gasteiger partial charge in [-0.05, 0) is 6.42 Å². The highest BCUT2D eigenvalue weighted by atomic mass is 32.2. The van der Waals surface area contributed by atoms with Gasteiger partial charge in [0.25, 0.3) is 0 Å². The Morgan fingerprint density at radius 3 is 2.50 bits per heavy atom. The summed E-state index contributed by atoms with van der Waals surface area (Å²) in [5.41, 5.74) is 0. The standard InChI is InChI=1S/C11H18O2S/c1-5-6-7-9(12)8-10(13)14-11(2,3)4/h5,8,12H,1,6-7H2,2-4H3/b9-8-. The Balaban J connectivity index is 4.08. The van der Waals surface area contributed by atoms with Crippen molar-refractivity contribution < 1.29 is 9.90 Å². The van der Waals surface area contributed by atoms with Crippen molar-refractivity contribution in [1.82, 2.24) is 0 Å². The van der Waals surface area contributed by atoms with Gasteiger partial charge in [0.1, 0.15) is 0 Å². The van der Waals surface area contributed by atoms with Crippen LogP contribution in [0.15, 0.2) is 24.5 Å². The van der Waals surface area contributed by atoms with Gasteiger partial charge in [0.05, 0.1) is 5.76 Å². The lowest BCUT2D eigenvalue weighted by molar-refractivity contribution is -0.107. The van der Waals surface area contributed by atoms with Crippen molar-refractivity contribution in [3.63, 3.8) is 0 Å². The maximum absolute atomic E-state index is 11.3. The summed E-state index contributed by atoms with van der Waals surface area (Å²) in [6.45, 7) is 9.43.